The fraction of sp³-hybridized carbons (Fsp3) is 0.409. The smallest absolute Gasteiger partial charge is 0.191 e. The summed E-state index contributed by atoms with van der Waals surface area (Å²) in [5, 5.41) is 10.1. The zero-order valence-electron chi connectivity index (χ0n) is 17.6. The van der Waals surface area contributed by atoms with E-state index in [-0.39, 0.29) is 5.78 Å². The average molecular weight is 447 g/mol. The molecule has 0 atom stereocenters. The molecule has 2 heterocycles. The number of halogens is 1. The van der Waals surface area contributed by atoms with Gasteiger partial charge in [-0.1, -0.05) is 37.2 Å². The second kappa shape index (κ2) is 10.8. The largest absolute Gasteiger partial charge is 0.469 e. The van der Waals surface area contributed by atoms with Crippen molar-refractivity contribution in [2.45, 2.75) is 38.9 Å². The molecule has 2 aromatic heterocycles. The summed E-state index contributed by atoms with van der Waals surface area (Å²) in [6.07, 6.45) is 2.64. The Bertz CT molecular complexity index is 964. The zero-order chi connectivity index (χ0) is 21.5. The maximum atomic E-state index is 12.6. The summed E-state index contributed by atoms with van der Waals surface area (Å²) >= 11 is 7.33. The number of hydrogen-bond donors (Lipinski definition) is 0. The van der Waals surface area contributed by atoms with Crippen molar-refractivity contribution in [1.29, 1.82) is 0 Å². The Morgan fingerprint density at radius 3 is 2.53 bits per heavy atom. The van der Waals surface area contributed by atoms with Crippen molar-refractivity contribution in [3.05, 3.63) is 52.9 Å². The summed E-state index contributed by atoms with van der Waals surface area (Å²) in [5.41, 5.74) is 1.58. The third kappa shape index (κ3) is 5.53. The van der Waals surface area contributed by atoms with Gasteiger partial charge >= 0.3 is 0 Å². The van der Waals surface area contributed by atoms with Gasteiger partial charge in [-0.2, -0.15) is 0 Å². The van der Waals surface area contributed by atoms with Crippen LogP contribution in [0.3, 0.4) is 0 Å². The van der Waals surface area contributed by atoms with Gasteiger partial charge < -0.3 is 13.9 Å². The van der Waals surface area contributed by atoms with Crippen LogP contribution in [0.15, 0.2) is 46.2 Å². The lowest BCUT2D eigenvalue weighted by Gasteiger charge is -2.18. The molecule has 0 saturated carbocycles. The number of nitrogens with zero attached hydrogens (tertiary/aromatic N) is 4. The highest BCUT2D eigenvalue weighted by Crippen LogP contribution is 2.28. The fourth-order valence-corrected chi connectivity index (χ4v) is 4.24. The molecule has 6 nitrogen and oxygen atoms in total. The molecule has 0 spiro atoms. The van der Waals surface area contributed by atoms with Gasteiger partial charge in [0.15, 0.2) is 16.8 Å². The monoisotopic (exact) mass is 446 g/mol. The first-order chi connectivity index (χ1) is 14.5. The zero-order valence-corrected chi connectivity index (χ0v) is 19.2. The molecule has 0 amide bonds. The predicted octanol–water partition coefficient (Wildman–Crippen LogP) is 5.21. The number of carbonyl (C=O) groups excluding carboxylic acids is 1. The first-order valence-corrected chi connectivity index (χ1v) is 11.5. The van der Waals surface area contributed by atoms with Gasteiger partial charge in [-0.25, -0.2) is 0 Å². The van der Waals surface area contributed by atoms with Crippen LogP contribution in [-0.4, -0.2) is 50.8 Å². The fourth-order valence-electron chi connectivity index (χ4n) is 3.25. The number of benzene rings is 1. The number of aryl methyl sites for hydroxylation is 1. The van der Waals surface area contributed by atoms with Crippen molar-refractivity contribution in [2.75, 3.05) is 25.4 Å². The maximum Gasteiger partial charge on any atom is 0.191 e. The Morgan fingerprint density at radius 2 is 1.90 bits per heavy atom. The van der Waals surface area contributed by atoms with E-state index in [1.165, 1.54) is 11.8 Å². The van der Waals surface area contributed by atoms with Gasteiger partial charge in [-0.15, -0.1) is 10.2 Å². The van der Waals surface area contributed by atoms with Crippen molar-refractivity contribution in [3.63, 3.8) is 0 Å². The van der Waals surface area contributed by atoms with Gasteiger partial charge in [0.2, 0.25) is 0 Å². The number of carbonyl (C=O) groups is 1. The molecule has 8 heteroatoms. The van der Waals surface area contributed by atoms with E-state index < -0.39 is 0 Å². The predicted molar refractivity (Wildman–Crippen MR) is 121 cm³/mol. The highest BCUT2D eigenvalue weighted by molar-refractivity contribution is 7.99. The number of Topliss-reactive ketones (excluding diaryl/α,β-unsaturated/α-hetero) is 1. The number of thioether (sulfide) groups is 1. The summed E-state index contributed by atoms with van der Waals surface area (Å²) in [6, 6.07) is 8.87. The lowest BCUT2D eigenvalue weighted by molar-refractivity contribution is 0.102. The maximum absolute atomic E-state index is 12.6. The molecular formula is C22H27ClN4O2S. The molecule has 0 unspecified atom stereocenters. The second-order valence-corrected chi connectivity index (χ2v) is 8.33. The van der Waals surface area contributed by atoms with Crippen LogP contribution >= 0.6 is 23.4 Å². The van der Waals surface area contributed by atoms with E-state index in [4.69, 9.17) is 16.0 Å². The normalized spacial score (nSPS) is 11.4. The minimum atomic E-state index is 0.0374. The molecule has 0 aliphatic carbocycles. The molecule has 0 N–H and O–H groups in total. The van der Waals surface area contributed by atoms with Crippen molar-refractivity contribution < 1.29 is 9.21 Å². The summed E-state index contributed by atoms with van der Waals surface area (Å²) in [7, 11) is 0. The molecule has 0 saturated heterocycles. The van der Waals surface area contributed by atoms with Crippen LogP contribution < -0.4 is 0 Å². The molecule has 0 radical (unpaired) electrons. The average Bonchev–Trinajstić information content (AvgIpc) is 3.35. The van der Waals surface area contributed by atoms with E-state index in [0.717, 1.165) is 54.9 Å². The van der Waals surface area contributed by atoms with Gasteiger partial charge in [-0.05, 0) is 63.3 Å². The van der Waals surface area contributed by atoms with E-state index in [1.54, 1.807) is 30.5 Å². The molecule has 30 heavy (non-hydrogen) atoms. The quantitative estimate of drug-likeness (QED) is 0.297. The van der Waals surface area contributed by atoms with Crippen molar-refractivity contribution in [2.24, 2.45) is 0 Å². The topological polar surface area (TPSA) is 64.2 Å². The van der Waals surface area contributed by atoms with Crippen LogP contribution in [0.1, 0.15) is 36.4 Å². The van der Waals surface area contributed by atoms with Crippen molar-refractivity contribution in [3.8, 4) is 11.4 Å². The van der Waals surface area contributed by atoms with Gasteiger partial charge in [0.05, 0.1) is 17.6 Å². The second-order valence-electron chi connectivity index (χ2n) is 6.95. The van der Waals surface area contributed by atoms with E-state index in [1.807, 2.05) is 13.0 Å². The Morgan fingerprint density at radius 1 is 1.17 bits per heavy atom. The van der Waals surface area contributed by atoms with Crippen LogP contribution in [0, 0.1) is 6.92 Å². The number of ketones is 1. The lowest BCUT2D eigenvalue weighted by Crippen LogP contribution is -2.25. The van der Waals surface area contributed by atoms with Crippen molar-refractivity contribution in [1.82, 2.24) is 19.7 Å². The van der Waals surface area contributed by atoms with Crippen LogP contribution in [0.4, 0.5) is 0 Å². The third-order valence-corrected chi connectivity index (χ3v) is 6.28. The summed E-state index contributed by atoms with van der Waals surface area (Å²) in [5.74, 6) is 1.92. The molecule has 1 aromatic carbocycles. The number of hydrogen-bond acceptors (Lipinski definition) is 6. The highest BCUT2D eigenvalue weighted by atomic mass is 35.5. The van der Waals surface area contributed by atoms with Gasteiger partial charge in [0.1, 0.15) is 5.76 Å². The number of aromatic nitrogens is 3. The van der Waals surface area contributed by atoms with E-state index in [0.29, 0.717) is 16.3 Å². The van der Waals surface area contributed by atoms with E-state index in [9.17, 15) is 4.79 Å². The molecule has 0 aliphatic rings. The van der Waals surface area contributed by atoms with Gasteiger partial charge in [0, 0.05) is 17.1 Å². The summed E-state index contributed by atoms with van der Waals surface area (Å²) < 4.78 is 7.56. The number of rotatable bonds is 11. The molecule has 3 rings (SSSR count). The molecule has 0 aliphatic heterocycles. The summed E-state index contributed by atoms with van der Waals surface area (Å²) in [4.78, 5) is 15.0. The minimum absolute atomic E-state index is 0.0374. The summed E-state index contributed by atoms with van der Waals surface area (Å²) in [6.45, 7) is 10.1. The first-order valence-electron chi connectivity index (χ1n) is 10.1. The van der Waals surface area contributed by atoms with E-state index in [2.05, 4.69) is 33.5 Å². The molecular weight excluding hydrogens is 420 g/mol. The first kappa shape index (κ1) is 22.6. The Hall–Kier alpha value is -2.09. The van der Waals surface area contributed by atoms with Crippen LogP contribution in [0.2, 0.25) is 5.02 Å². The van der Waals surface area contributed by atoms with Gasteiger partial charge in [0.25, 0.3) is 0 Å². The standard InChI is InChI=1S/C22H27ClN4O2S/c1-4-26(5-2)12-6-13-27-21(19-11-14-29-16(19)3)24-25-22(27)30-15-20(28)17-7-9-18(23)10-8-17/h7-11,14H,4-6,12-13,15H2,1-3H3. The minimum Gasteiger partial charge on any atom is -0.469 e. The Labute approximate surface area is 186 Å². The molecule has 160 valence electrons. The molecule has 3 aromatic rings. The SMILES string of the molecule is CCN(CC)CCCn1c(SCC(=O)c2ccc(Cl)cc2)nnc1-c1ccoc1C. The molecule has 0 fully saturated rings. The molecule has 0 bridgehead atoms. The lowest BCUT2D eigenvalue weighted by atomic mass is 10.1. The Kier molecular flexibility index (Phi) is 8.13. The number of furan rings is 1. The van der Waals surface area contributed by atoms with Crippen molar-refractivity contribution >= 4 is 29.1 Å². The van der Waals surface area contributed by atoms with Crippen LogP contribution in [-0.2, 0) is 6.54 Å². The third-order valence-electron chi connectivity index (χ3n) is 5.07. The van der Waals surface area contributed by atoms with Crippen LogP contribution in [0.5, 0.6) is 0 Å². The highest BCUT2D eigenvalue weighted by Gasteiger charge is 2.19. The Balaban J connectivity index is 1.75. The van der Waals surface area contributed by atoms with Crippen LogP contribution in [0.25, 0.3) is 11.4 Å². The van der Waals surface area contributed by atoms with Gasteiger partial charge in [-0.3, -0.25) is 4.79 Å². The van der Waals surface area contributed by atoms with E-state index >= 15 is 0 Å².